The molecule has 2 aliphatic heterocycles. The lowest BCUT2D eigenvalue weighted by Crippen LogP contribution is -2.27. The van der Waals surface area contributed by atoms with Gasteiger partial charge in [-0.15, -0.1) is 6.58 Å². The first-order valence-electron chi connectivity index (χ1n) is 10.9. The molecule has 3 atom stereocenters. The predicted octanol–water partition coefficient (Wildman–Crippen LogP) is 4.62. The Morgan fingerprint density at radius 2 is 1.67 bits per heavy atom. The van der Waals surface area contributed by atoms with E-state index in [-0.39, 0.29) is 12.7 Å². The number of hydrogen-bond donors (Lipinski definition) is 1. The average Bonchev–Trinajstić information content (AvgIpc) is 3.42. The molecule has 0 bridgehead atoms. The zero-order valence-corrected chi connectivity index (χ0v) is 17.6. The van der Waals surface area contributed by atoms with Crippen LogP contribution in [-0.2, 0) is 18.9 Å². The molecular formula is C22H42O5. The summed E-state index contributed by atoms with van der Waals surface area (Å²) < 4.78 is 21.3. The first-order chi connectivity index (χ1) is 13.1. The summed E-state index contributed by atoms with van der Waals surface area (Å²) in [6, 6.07) is 0. The number of rotatable bonds is 15. The first-order valence-corrected chi connectivity index (χ1v) is 10.9. The molecule has 0 spiro atoms. The number of hydrogen-bond acceptors (Lipinski definition) is 5. The average molecular weight is 387 g/mol. The van der Waals surface area contributed by atoms with Crippen LogP contribution in [0.3, 0.4) is 0 Å². The molecule has 27 heavy (non-hydrogen) atoms. The van der Waals surface area contributed by atoms with Crippen molar-refractivity contribution in [1.82, 2.24) is 0 Å². The minimum absolute atomic E-state index is 0.0628. The van der Waals surface area contributed by atoms with Crippen molar-refractivity contribution in [3.63, 3.8) is 0 Å². The smallest absolute Gasteiger partial charge is 0.166 e. The van der Waals surface area contributed by atoms with Crippen molar-refractivity contribution in [1.29, 1.82) is 0 Å². The SMILES string of the molecule is C=CCOCC1CO1.CCCCCCCCCCCC1(C)OCC(CO)O1. The fourth-order valence-corrected chi connectivity index (χ4v) is 3.11. The molecule has 2 fully saturated rings. The Hall–Kier alpha value is -0.460. The minimum Gasteiger partial charge on any atom is -0.394 e. The molecule has 0 aliphatic carbocycles. The van der Waals surface area contributed by atoms with Crippen LogP contribution in [-0.4, -0.2) is 56.1 Å². The Bertz CT molecular complexity index is 359. The van der Waals surface area contributed by atoms with E-state index in [4.69, 9.17) is 24.1 Å². The lowest BCUT2D eigenvalue weighted by atomic mass is 10.0. The summed E-state index contributed by atoms with van der Waals surface area (Å²) in [5.74, 6) is -0.450. The second-order valence-electron chi connectivity index (χ2n) is 7.73. The van der Waals surface area contributed by atoms with Crippen LogP contribution in [0.4, 0.5) is 0 Å². The summed E-state index contributed by atoms with van der Waals surface area (Å²) in [7, 11) is 0. The maximum atomic E-state index is 9.02. The molecule has 0 aromatic rings. The van der Waals surface area contributed by atoms with Crippen LogP contribution in [0.5, 0.6) is 0 Å². The molecular weight excluding hydrogens is 344 g/mol. The van der Waals surface area contributed by atoms with Crippen molar-refractivity contribution in [2.24, 2.45) is 0 Å². The first kappa shape index (κ1) is 24.6. The van der Waals surface area contributed by atoms with Gasteiger partial charge in [-0.2, -0.15) is 0 Å². The van der Waals surface area contributed by atoms with Gasteiger partial charge < -0.3 is 24.1 Å². The van der Waals surface area contributed by atoms with Gasteiger partial charge in [-0.1, -0.05) is 64.4 Å². The molecule has 0 saturated carbocycles. The molecule has 5 nitrogen and oxygen atoms in total. The van der Waals surface area contributed by atoms with Gasteiger partial charge in [0.15, 0.2) is 5.79 Å². The van der Waals surface area contributed by atoms with Gasteiger partial charge >= 0.3 is 0 Å². The molecule has 0 radical (unpaired) electrons. The van der Waals surface area contributed by atoms with Gasteiger partial charge in [-0.3, -0.25) is 0 Å². The Morgan fingerprint density at radius 3 is 2.19 bits per heavy atom. The van der Waals surface area contributed by atoms with E-state index in [9.17, 15) is 0 Å². The summed E-state index contributed by atoms with van der Waals surface area (Å²) in [5.41, 5.74) is 0. The van der Waals surface area contributed by atoms with Crippen molar-refractivity contribution in [3.05, 3.63) is 12.7 Å². The van der Waals surface area contributed by atoms with Crippen LogP contribution in [0.2, 0.25) is 0 Å². The van der Waals surface area contributed by atoms with Crippen LogP contribution in [0.15, 0.2) is 12.7 Å². The highest BCUT2D eigenvalue weighted by Crippen LogP contribution is 2.28. The summed E-state index contributed by atoms with van der Waals surface area (Å²) in [6.45, 7) is 10.6. The monoisotopic (exact) mass is 386 g/mol. The van der Waals surface area contributed by atoms with E-state index in [1.165, 1.54) is 51.4 Å². The zero-order chi connectivity index (χ0) is 19.8. The van der Waals surface area contributed by atoms with E-state index in [1.54, 1.807) is 6.08 Å². The molecule has 2 heterocycles. The van der Waals surface area contributed by atoms with Crippen LogP contribution in [0.25, 0.3) is 0 Å². The quantitative estimate of drug-likeness (QED) is 0.253. The molecule has 1 N–H and O–H groups in total. The maximum absolute atomic E-state index is 9.02. The highest BCUT2D eigenvalue weighted by Gasteiger charge is 2.36. The Kier molecular flexibility index (Phi) is 14.1. The second kappa shape index (κ2) is 15.5. The van der Waals surface area contributed by atoms with Crippen molar-refractivity contribution in [3.8, 4) is 0 Å². The number of ether oxygens (including phenoxy) is 4. The summed E-state index contributed by atoms with van der Waals surface area (Å²) in [5, 5.41) is 9.02. The molecule has 2 rings (SSSR count). The number of epoxide rings is 1. The van der Waals surface area contributed by atoms with Crippen molar-refractivity contribution < 1.29 is 24.1 Å². The number of aliphatic hydroxyl groups excluding tert-OH is 1. The van der Waals surface area contributed by atoms with E-state index < -0.39 is 5.79 Å². The number of aliphatic hydroxyl groups is 1. The lowest BCUT2D eigenvalue weighted by Gasteiger charge is -2.22. The summed E-state index contributed by atoms with van der Waals surface area (Å²) >= 11 is 0. The standard InChI is InChI=1S/C16H32O3.C6H10O2/c1-3-4-5-6-7-8-9-10-11-12-16(2)18-14-15(13-17)19-16;1-2-3-7-4-6-5-8-6/h15,17H,3-14H2,1-2H3;2,6H,1,3-5H2. The van der Waals surface area contributed by atoms with E-state index in [1.807, 2.05) is 6.92 Å². The summed E-state index contributed by atoms with van der Waals surface area (Å²) in [4.78, 5) is 0. The third-order valence-corrected chi connectivity index (χ3v) is 4.87. The molecule has 0 aromatic heterocycles. The second-order valence-corrected chi connectivity index (χ2v) is 7.73. The molecule has 2 saturated heterocycles. The van der Waals surface area contributed by atoms with E-state index in [0.717, 1.165) is 26.1 Å². The van der Waals surface area contributed by atoms with Crippen molar-refractivity contribution >= 4 is 0 Å². The fourth-order valence-electron chi connectivity index (χ4n) is 3.11. The molecule has 0 amide bonds. The predicted molar refractivity (Wildman–Crippen MR) is 109 cm³/mol. The highest BCUT2D eigenvalue weighted by molar-refractivity contribution is 4.74. The van der Waals surface area contributed by atoms with Crippen LogP contribution in [0.1, 0.15) is 78.1 Å². The van der Waals surface area contributed by atoms with E-state index in [0.29, 0.717) is 19.3 Å². The van der Waals surface area contributed by atoms with Crippen molar-refractivity contribution in [2.45, 2.75) is 96.1 Å². The molecule has 0 aromatic carbocycles. The summed E-state index contributed by atoms with van der Waals surface area (Å²) in [6.07, 6.45) is 15.0. The van der Waals surface area contributed by atoms with E-state index in [2.05, 4.69) is 13.5 Å². The van der Waals surface area contributed by atoms with Crippen LogP contribution in [0, 0.1) is 0 Å². The third-order valence-electron chi connectivity index (χ3n) is 4.87. The topological polar surface area (TPSA) is 60.5 Å². The van der Waals surface area contributed by atoms with Gasteiger partial charge in [-0.05, 0) is 13.3 Å². The Balaban J connectivity index is 0.000000377. The van der Waals surface area contributed by atoms with Crippen LogP contribution >= 0.6 is 0 Å². The van der Waals surface area contributed by atoms with Crippen LogP contribution < -0.4 is 0 Å². The molecule has 160 valence electrons. The Labute approximate surface area is 166 Å². The molecule has 5 heteroatoms. The largest absolute Gasteiger partial charge is 0.394 e. The van der Waals surface area contributed by atoms with Gasteiger partial charge in [0.2, 0.25) is 0 Å². The fraction of sp³-hybridized carbons (Fsp3) is 0.909. The van der Waals surface area contributed by atoms with Crippen molar-refractivity contribution in [2.75, 3.05) is 33.0 Å². The third kappa shape index (κ3) is 13.4. The zero-order valence-electron chi connectivity index (χ0n) is 17.6. The van der Waals surface area contributed by atoms with Gasteiger partial charge in [0.1, 0.15) is 12.2 Å². The molecule has 2 aliphatic rings. The van der Waals surface area contributed by atoms with Gasteiger partial charge in [-0.25, -0.2) is 0 Å². The maximum Gasteiger partial charge on any atom is 0.166 e. The van der Waals surface area contributed by atoms with Gasteiger partial charge in [0, 0.05) is 6.42 Å². The lowest BCUT2D eigenvalue weighted by molar-refractivity contribution is -0.162. The number of unbranched alkanes of at least 4 members (excludes halogenated alkanes) is 8. The normalized spacial score (nSPS) is 26.5. The van der Waals surface area contributed by atoms with Gasteiger partial charge in [0.05, 0.1) is 33.0 Å². The molecule has 3 unspecified atom stereocenters. The highest BCUT2D eigenvalue weighted by atomic mass is 16.7. The van der Waals surface area contributed by atoms with Gasteiger partial charge in [0.25, 0.3) is 0 Å². The Morgan fingerprint density at radius 1 is 1.04 bits per heavy atom. The minimum atomic E-state index is -0.450. The van der Waals surface area contributed by atoms with E-state index >= 15 is 0 Å².